The normalized spacial score (nSPS) is 19.1. The van der Waals surface area contributed by atoms with Crippen LogP contribution in [0.2, 0.25) is 0 Å². The molecule has 1 atom stereocenters. The number of nitrogens with zero attached hydrogens (tertiary/aromatic N) is 5. The largest absolute Gasteiger partial charge is 0.341 e. The molecule has 184 valence electrons. The van der Waals surface area contributed by atoms with Crippen molar-refractivity contribution in [1.29, 1.82) is 0 Å². The quantitative estimate of drug-likeness (QED) is 0.688. The predicted molar refractivity (Wildman–Crippen MR) is 137 cm³/mol. The molecule has 4 heterocycles. The van der Waals surface area contributed by atoms with Gasteiger partial charge in [0.1, 0.15) is 5.82 Å². The van der Waals surface area contributed by atoms with E-state index in [9.17, 15) is 14.4 Å². The summed E-state index contributed by atoms with van der Waals surface area (Å²) in [5.41, 5.74) is 2.85. The number of amides is 3. The van der Waals surface area contributed by atoms with Crippen LogP contribution in [0.5, 0.6) is 0 Å². The van der Waals surface area contributed by atoms with Gasteiger partial charge >= 0.3 is 0 Å². The maximum absolute atomic E-state index is 12.9. The van der Waals surface area contributed by atoms with Crippen LogP contribution in [0.4, 0.5) is 17.3 Å². The van der Waals surface area contributed by atoms with Gasteiger partial charge in [0.15, 0.2) is 5.82 Å². The number of carbonyl (C=O) groups is 3. The van der Waals surface area contributed by atoms with Crippen molar-refractivity contribution in [2.45, 2.75) is 32.9 Å². The van der Waals surface area contributed by atoms with Crippen LogP contribution in [-0.4, -0.2) is 76.3 Å². The zero-order valence-corrected chi connectivity index (χ0v) is 21.3. The van der Waals surface area contributed by atoms with Gasteiger partial charge in [-0.05, 0) is 44.0 Å². The van der Waals surface area contributed by atoms with Gasteiger partial charge in [0, 0.05) is 56.3 Å². The van der Waals surface area contributed by atoms with Crippen LogP contribution in [0.15, 0.2) is 35.2 Å². The Balaban J connectivity index is 1.29. The topological polar surface area (TPSA) is 90.8 Å². The number of likely N-dealkylation sites (N-methyl/N-ethyl adjacent to an activating group) is 2. The van der Waals surface area contributed by atoms with E-state index in [0.717, 1.165) is 42.1 Å². The Morgan fingerprint density at radius 3 is 2.77 bits per heavy atom. The van der Waals surface area contributed by atoms with Crippen molar-refractivity contribution in [2.75, 3.05) is 43.2 Å². The molecule has 1 N–H and O–H groups in total. The highest BCUT2D eigenvalue weighted by Gasteiger charge is 2.31. The molecule has 1 aromatic carbocycles. The monoisotopic (exact) mass is 494 g/mol. The van der Waals surface area contributed by atoms with Crippen molar-refractivity contribution in [3.05, 3.63) is 46.4 Å². The van der Waals surface area contributed by atoms with Gasteiger partial charge in [-0.25, -0.2) is 4.68 Å². The lowest BCUT2D eigenvalue weighted by Gasteiger charge is -2.26. The lowest BCUT2D eigenvalue weighted by Crippen LogP contribution is -2.34. The third-order valence-corrected chi connectivity index (χ3v) is 8.08. The van der Waals surface area contributed by atoms with Gasteiger partial charge in [0.25, 0.3) is 11.8 Å². The molecule has 0 saturated heterocycles. The third kappa shape index (κ3) is 4.31. The molecule has 9 nitrogen and oxygen atoms in total. The number of carbonyl (C=O) groups excluding carboxylic acids is 3. The second kappa shape index (κ2) is 9.07. The molecule has 0 saturated carbocycles. The van der Waals surface area contributed by atoms with E-state index in [2.05, 4.69) is 21.4 Å². The Morgan fingerprint density at radius 1 is 1.20 bits per heavy atom. The highest BCUT2D eigenvalue weighted by molar-refractivity contribution is 8.04. The molecule has 3 aliphatic heterocycles. The third-order valence-electron chi connectivity index (χ3n) is 6.93. The first-order chi connectivity index (χ1) is 16.7. The molecule has 1 unspecified atom stereocenters. The van der Waals surface area contributed by atoms with Crippen LogP contribution in [-0.2, 0) is 22.6 Å². The molecule has 0 spiro atoms. The minimum absolute atomic E-state index is 0.0460. The minimum atomic E-state index is -0.372. The van der Waals surface area contributed by atoms with Crippen molar-refractivity contribution in [2.24, 2.45) is 5.92 Å². The van der Waals surface area contributed by atoms with E-state index in [0.29, 0.717) is 23.0 Å². The average Bonchev–Trinajstić information content (AvgIpc) is 3.56. The van der Waals surface area contributed by atoms with Crippen molar-refractivity contribution >= 4 is 46.8 Å². The molecule has 10 heteroatoms. The molecule has 0 aliphatic carbocycles. The predicted octanol–water partition coefficient (Wildman–Crippen LogP) is 2.72. The summed E-state index contributed by atoms with van der Waals surface area (Å²) in [7, 11) is 3.61. The maximum atomic E-state index is 12.9. The van der Waals surface area contributed by atoms with Gasteiger partial charge in [-0.2, -0.15) is 5.10 Å². The maximum Gasteiger partial charge on any atom is 0.259 e. The smallest absolute Gasteiger partial charge is 0.259 e. The standard InChI is InChI=1S/C25H30N6O3S/c1-15(2)29(4)25(34)20-12-17(14-35-20)23(32)26-21-13-22-30(9-10-31(22)27-21)18-5-6-19-16(11-18)7-8-28(3)24(19)33/h5-6,11-13,15,17H,7-10,14H2,1-4H3,(H,26,27,32). The summed E-state index contributed by atoms with van der Waals surface area (Å²) in [6, 6.07) is 7.96. The number of hydrogen-bond donors (Lipinski definition) is 1. The number of aromatic nitrogens is 2. The van der Waals surface area contributed by atoms with Gasteiger partial charge in [-0.1, -0.05) is 6.08 Å². The van der Waals surface area contributed by atoms with Gasteiger partial charge < -0.3 is 20.0 Å². The van der Waals surface area contributed by atoms with Crippen LogP contribution in [0.3, 0.4) is 0 Å². The minimum Gasteiger partial charge on any atom is -0.341 e. The molecular formula is C25H30N6O3S. The summed E-state index contributed by atoms with van der Waals surface area (Å²) in [5, 5.41) is 7.50. The van der Waals surface area contributed by atoms with Crippen LogP contribution in [0.25, 0.3) is 0 Å². The molecule has 35 heavy (non-hydrogen) atoms. The molecule has 0 bridgehead atoms. The highest BCUT2D eigenvalue weighted by Crippen LogP contribution is 2.35. The lowest BCUT2D eigenvalue weighted by atomic mass is 9.98. The number of rotatable bonds is 5. The Morgan fingerprint density at radius 2 is 2.00 bits per heavy atom. The summed E-state index contributed by atoms with van der Waals surface area (Å²) < 4.78 is 1.89. The number of benzene rings is 1. The Labute approximate surface area is 209 Å². The Hall–Kier alpha value is -3.27. The van der Waals surface area contributed by atoms with Crippen molar-refractivity contribution in [3.8, 4) is 0 Å². The summed E-state index contributed by atoms with van der Waals surface area (Å²) in [6.45, 7) is 6.14. The molecule has 0 fully saturated rings. The van der Waals surface area contributed by atoms with Gasteiger partial charge in [-0.15, -0.1) is 11.8 Å². The number of anilines is 3. The summed E-state index contributed by atoms with van der Waals surface area (Å²) in [4.78, 5) is 44.1. The van der Waals surface area contributed by atoms with E-state index in [-0.39, 0.29) is 29.7 Å². The molecule has 3 amide bonds. The number of nitrogens with one attached hydrogen (secondary N) is 1. The first kappa shape index (κ1) is 23.5. The summed E-state index contributed by atoms with van der Waals surface area (Å²) in [6.07, 6.45) is 2.60. The van der Waals surface area contributed by atoms with Crippen molar-refractivity contribution < 1.29 is 14.4 Å². The number of hydrogen-bond acceptors (Lipinski definition) is 6. The molecule has 3 aliphatic rings. The second-order valence-electron chi connectivity index (χ2n) is 9.53. The first-order valence-electron chi connectivity index (χ1n) is 11.9. The fraction of sp³-hybridized carbons (Fsp3) is 0.440. The highest BCUT2D eigenvalue weighted by atomic mass is 32.2. The van der Waals surface area contributed by atoms with Gasteiger partial charge in [-0.3, -0.25) is 14.4 Å². The van der Waals surface area contributed by atoms with Gasteiger partial charge in [0.2, 0.25) is 5.91 Å². The van der Waals surface area contributed by atoms with Crippen LogP contribution >= 0.6 is 11.8 Å². The zero-order valence-electron chi connectivity index (χ0n) is 20.4. The molecule has 2 aromatic rings. The summed E-state index contributed by atoms with van der Waals surface area (Å²) >= 11 is 1.42. The van der Waals surface area contributed by atoms with E-state index in [1.807, 2.05) is 43.8 Å². The first-order valence-corrected chi connectivity index (χ1v) is 12.9. The van der Waals surface area contributed by atoms with Crippen LogP contribution in [0.1, 0.15) is 29.8 Å². The Bertz CT molecular complexity index is 1240. The van der Waals surface area contributed by atoms with Crippen molar-refractivity contribution in [3.63, 3.8) is 0 Å². The van der Waals surface area contributed by atoms with E-state index in [1.54, 1.807) is 22.9 Å². The van der Waals surface area contributed by atoms with E-state index < -0.39 is 0 Å². The summed E-state index contributed by atoms with van der Waals surface area (Å²) in [5.74, 6) is 1.44. The molecular weight excluding hydrogens is 464 g/mol. The average molecular weight is 495 g/mol. The molecule has 5 rings (SSSR count). The molecule has 1 aromatic heterocycles. The fourth-order valence-electron chi connectivity index (χ4n) is 4.55. The van der Waals surface area contributed by atoms with Crippen molar-refractivity contribution in [1.82, 2.24) is 19.6 Å². The van der Waals surface area contributed by atoms with Gasteiger partial charge in [0.05, 0.1) is 17.4 Å². The second-order valence-corrected chi connectivity index (χ2v) is 10.6. The van der Waals surface area contributed by atoms with Crippen LogP contribution in [0, 0.1) is 5.92 Å². The fourth-order valence-corrected chi connectivity index (χ4v) is 5.68. The van der Waals surface area contributed by atoms with E-state index in [1.165, 1.54) is 11.8 Å². The zero-order chi connectivity index (χ0) is 24.9. The number of thioether (sulfide) groups is 1. The van der Waals surface area contributed by atoms with Crippen LogP contribution < -0.4 is 10.2 Å². The van der Waals surface area contributed by atoms with E-state index in [4.69, 9.17) is 0 Å². The molecule has 0 radical (unpaired) electrons. The SMILES string of the molecule is CC(C)N(C)C(=O)C1=CC(C(=O)Nc2cc3n(n2)CCN3c2ccc3c(c2)CCN(C)C3=O)CS1. The van der Waals surface area contributed by atoms with E-state index >= 15 is 0 Å². The lowest BCUT2D eigenvalue weighted by molar-refractivity contribution is -0.126. The Kier molecular flexibility index (Phi) is 6.08. The number of fused-ring (bicyclic) bond motifs is 2.